The van der Waals surface area contributed by atoms with Gasteiger partial charge in [0.2, 0.25) is 0 Å². The van der Waals surface area contributed by atoms with Crippen molar-refractivity contribution in [3.05, 3.63) is 63.9 Å². The van der Waals surface area contributed by atoms with Gasteiger partial charge in [-0.05, 0) is 54.7 Å². The Morgan fingerprint density at radius 2 is 1.90 bits per heavy atom. The number of aliphatic hydroxyl groups excluding tert-OH is 1. The fourth-order valence-electron chi connectivity index (χ4n) is 2.17. The molecule has 0 saturated heterocycles. The van der Waals surface area contributed by atoms with Gasteiger partial charge in [-0.2, -0.15) is 0 Å². The van der Waals surface area contributed by atoms with Crippen LogP contribution in [-0.2, 0) is 12.8 Å². The van der Waals surface area contributed by atoms with E-state index in [1.165, 1.54) is 12.1 Å². The van der Waals surface area contributed by atoms with Crippen molar-refractivity contribution in [3.63, 3.8) is 0 Å². The molecule has 112 valence electrons. The van der Waals surface area contributed by atoms with Crippen molar-refractivity contribution >= 4 is 15.9 Å². The van der Waals surface area contributed by atoms with Gasteiger partial charge in [0, 0.05) is 4.47 Å². The molecule has 0 radical (unpaired) electrons. The van der Waals surface area contributed by atoms with Crippen molar-refractivity contribution in [2.75, 3.05) is 7.11 Å². The fraction of sp³-hybridized carbons (Fsp3) is 0.294. The van der Waals surface area contributed by atoms with Crippen molar-refractivity contribution in [3.8, 4) is 5.75 Å². The highest BCUT2D eigenvalue weighted by Crippen LogP contribution is 2.21. The predicted octanol–water partition coefficient (Wildman–Crippen LogP) is 4.13. The summed E-state index contributed by atoms with van der Waals surface area (Å²) >= 11 is 3.32. The maximum Gasteiger partial charge on any atom is 0.124 e. The molecular weight excluding hydrogens is 335 g/mol. The standard InChI is InChI=1S/C17H18BrFO2/c1-21-16-8-3-12(4-9-16)2-7-15(20)10-13-5-6-14(19)11-17(13)18/h3-6,8-9,11,15,20H,2,7,10H2,1H3. The molecule has 2 rings (SSSR count). The Morgan fingerprint density at radius 3 is 2.52 bits per heavy atom. The molecule has 0 saturated carbocycles. The number of rotatable bonds is 6. The average Bonchev–Trinajstić information content (AvgIpc) is 2.48. The number of ether oxygens (including phenoxy) is 1. The summed E-state index contributed by atoms with van der Waals surface area (Å²) in [5.41, 5.74) is 2.08. The predicted molar refractivity (Wildman–Crippen MR) is 85.1 cm³/mol. The lowest BCUT2D eigenvalue weighted by molar-refractivity contribution is 0.165. The molecule has 0 aliphatic carbocycles. The van der Waals surface area contributed by atoms with Crippen LogP contribution in [0.15, 0.2) is 46.9 Å². The van der Waals surface area contributed by atoms with Crippen LogP contribution in [0.25, 0.3) is 0 Å². The van der Waals surface area contributed by atoms with Crippen LogP contribution < -0.4 is 4.74 Å². The Labute approximate surface area is 132 Å². The smallest absolute Gasteiger partial charge is 0.124 e. The summed E-state index contributed by atoms with van der Waals surface area (Å²) in [7, 11) is 1.64. The molecule has 1 unspecified atom stereocenters. The minimum atomic E-state index is -0.450. The summed E-state index contributed by atoms with van der Waals surface area (Å²) in [6.45, 7) is 0. The molecule has 1 N–H and O–H groups in total. The number of hydrogen-bond acceptors (Lipinski definition) is 2. The van der Waals surface area contributed by atoms with E-state index < -0.39 is 6.10 Å². The highest BCUT2D eigenvalue weighted by Gasteiger charge is 2.09. The topological polar surface area (TPSA) is 29.5 Å². The fourth-order valence-corrected chi connectivity index (χ4v) is 2.68. The van der Waals surface area contributed by atoms with Crippen LogP contribution in [0, 0.1) is 5.82 Å². The number of halogens is 2. The van der Waals surface area contributed by atoms with Crippen molar-refractivity contribution in [2.24, 2.45) is 0 Å². The number of benzene rings is 2. The first-order chi connectivity index (χ1) is 10.1. The Bertz CT molecular complexity index is 584. The summed E-state index contributed by atoms with van der Waals surface area (Å²) in [4.78, 5) is 0. The van der Waals surface area contributed by atoms with Crippen LogP contribution in [0.4, 0.5) is 4.39 Å². The lowest BCUT2D eigenvalue weighted by atomic mass is 10.0. The number of aryl methyl sites for hydroxylation is 1. The van der Waals surface area contributed by atoms with Gasteiger partial charge in [-0.25, -0.2) is 4.39 Å². The first kappa shape index (κ1) is 16.0. The molecular formula is C17H18BrFO2. The van der Waals surface area contributed by atoms with Crippen LogP contribution in [0.3, 0.4) is 0 Å². The van der Waals surface area contributed by atoms with Crippen LogP contribution >= 0.6 is 15.9 Å². The molecule has 2 aromatic carbocycles. The number of hydrogen-bond donors (Lipinski definition) is 1. The monoisotopic (exact) mass is 352 g/mol. The summed E-state index contributed by atoms with van der Waals surface area (Å²) in [6, 6.07) is 12.4. The average molecular weight is 353 g/mol. The maximum absolute atomic E-state index is 13.0. The van der Waals surface area contributed by atoms with E-state index >= 15 is 0 Å². The summed E-state index contributed by atoms with van der Waals surface area (Å²) < 4.78 is 18.8. The van der Waals surface area contributed by atoms with Gasteiger partial charge in [-0.15, -0.1) is 0 Å². The largest absolute Gasteiger partial charge is 0.497 e. The van der Waals surface area contributed by atoms with Crippen LogP contribution in [0.5, 0.6) is 5.75 Å². The molecule has 4 heteroatoms. The Hall–Kier alpha value is -1.39. The second-order valence-electron chi connectivity index (χ2n) is 4.98. The number of aliphatic hydroxyl groups is 1. The van der Waals surface area contributed by atoms with Gasteiger partial charge in [0.25, 0.3) is 0 Å². The molecule has 0 heterocycles. The number of methoxy groups -OCH3 is 1. The summed E-state index contributed by atoms with van der Waals surface area (Å²) in [6.07, 6.45) is 1.52. The second-order valence-corrected chi connectivity index (χ2v) is 5.83. The van der Waals surface area contributed by atoms with E-state index in [9.17, 15) is 9.50 Å². The molecule has 0 aliphatic rings. The Balaban J connectivity index is 1.87. The van der Waals surface area contributed by atoms with Gasteiger partial charge in [0.15, 0.2) is 0 Å². The third-order valence-electron chi connectivity index (χ3n) is 3.40. The minimum Gasteiger partial charge on any atom is -0.497 e. The first-order valence-corrected chi connectivity index (χ1v) is 7.62. The Morgan fingerprint density at radius 1 is 1.19 bits per heavy atom. The highest BCUT2D eigenvalue weighted by atomic mass is 79.9. The van der Waals surface area contributed by atoms with Gasteiger partial charge in [-0.3, -0.25) is 0 Å². The molecule has 0 aliphatic heterocycles. The quantitative estimate of drug-likeness (QED) is 0.846. The van der Waals surface area contributed by atoms with E-state index in [1.807, 2.05) is 24.3 Å². The van der Waals surface area contributed by atoms with Crippen molar-refractivity contribution in [1.82, 2.24) is 0 Å². The molecule has 0 spiro atoms. The van der Waals surface area contributed by atoms with Gasteiger partial charge in [0.05, 0.1) is 13.2 Å². The molecule has 2 nitrogen and oxygen atoms in total. The van der Waals surface area contributed by atoms with Crippen molar-refractivity contribution in [1.29, 1.82) is 0 Å². The molecule has 0 bridgehead atoms. The maximum atomic E-state index is 13.0. The van der Waals surface area contributed by atoms with Gasteiger partial charge in [-0.1, -0.05) is 34.1 Å². The Kier molecular flexibility index (Phi) is 5.76. The molecule has 2 aromatic rings. The highest BCUT2D eigenvalue weighted by molar-refractivity contribution is 9.10. The van der Waals surface area contributed by atoms with Crippen LogP contribution in [-0.4, -0.2) is 18.3 Å². The van der Waals surface area contributed by atoms with Crippen molar-refractivity contribution < 1.29 is 14.2 Å². The SMILES string of the molecule is COc1ccc(CCC(O)Cc2ccc(F)cc2Br)cc1. The van der Waals surface area contributed by atoms with E-state index in [0.717, 1.165) is 23.3 Å². The van der Waals surface area contributed by atoms with E-state index in [4.69, 9.17) is 4.74 Å². The molecule has 21 heavy (non-hydrogen) atoms. The summed E-state index contributed by atoms with van der Waals surface area (Å²) in [5.74, 6) is 0.549. The third kappa shape index (κ3) is 4.83. The lowest BCUT2D eigenvalue weighted by Crippen LogP contribution is -2.12. The zero-order valence-corrected chi connectivity index (χ0v) is 13.4. The lowest BCUT2D eigenvalue weighted by Gasteiger charge is -2.12. The first-order valence-electron chi connectivity index (χ1n) is 6.83. The molecule has 1 atom stereocenters. The summed E-state index contributed by atoms with van der Waals surface area (Å²) in [5, 5.41) is 10.1. The third-order valence-corrected chi connectivity index (χ3v) is 4.13. The van der Waals surface area contributed by atoms with Crippen molar-refractivity contribution in [2.45, 2.75) is 25.4 Å². The molecule has 0 amide bonds. The van der Waals surface area contributed by atoms with E-state index in [-0.39, 0.29) is 5.82 Å². The van der Waals surface area contributed by atoms with Crippen LogP contribution in [0.1, 0.15) is 17.5 Å². The van der Waals surface area contributed by atoms with E-state index in [1.54, 1.807) is 13.2 Å². The van der Waals surface area contributed by atoms with E-state index in [0.29, 0.717) is 17.3 Å². The van der Waals surface area contributed by atoms with Gasteiger partial charge < -0.3 is 9.84 Å². The second kappa shape index (κ2) is 7.57. The molecule has 0 fully saturated rings. The zero-order valence-electron chi connectivity index (χ0n) is 11.9. The molecule has 0 aromatic heterocycles. The zero-order chi connectivity index (χ0) is 15.2. The van der Waals surface area contributed by atoms with Gasteiger partial charge >= 0.3 is 0 Å². The van der Waals surface area contributed by atoms with Gasteiger partial charge in [0.1, 0.15) is 11.6 Å². The normalized spacial score (nSPS) is 12.2. The van der Waals surface area contributed by atoms with Crippen LogP contribution in [0.2, 0.25) is 0 Å². The minimum absolute atomic E-state index is 0.279. The van der Waals surface area contributed by atoms with E-state index in [2.05, 4.69) is 15.9 Å².